The summed E-state index contributed by atoms with van der Waals surface area (Å²) < 4.78 is 2.24. The number of fused-ring (bicyclic) bond motifs is 1. The van der Waals surface area contributed by atoms with E-state index in [-0.39, 0.29) is 5.91 Å². The molecule has 0 spiro atoms. The molecule has 140 valence electrons. The number of benzene rings is 3. The van der Waals surface area contributed by atoms with E-state index in [1.54, 1.807) is 0 Å². The van der Waals surface area contributed by atoms with Crippen LogP contribution in [0.2, 0.25) is 0 Å². The van der Waals surface area contributed by atoms with Gasteiger partial charge < -0.3 is 14.4 Å². The van der Waals surface area contributed by atoms with Crippen molar-refractivity contribution in [2.24, 2.45) is 0 Å². The van der Waals surface area contributed by atoms with Crippen LogP contribution < -0.4 is 4.90 Å². The predicted molar refractivity (Wildman–Crippen MR) is 113 cm³/mol. The Morgan fingerprint density at radius 1 is 0.964 bits per heavy atom. The lowest BCUT2D eigenvalue weighted by Crippen LogP contribution is -2.28. The Kier molecular flexibility index (Phi) is 3.91. The highest BCUT2D eigenvalue weighted by Gasteiger charge is 2.30. The maximum Gasteiger partial charge on any atom is 0.259 e. The highest BCUT2D eigenvalue weighted by atomic mass is 16.2. The summed E-state index contributed by atoms with van der Waals surface area (Å²) >= 11 is 0. The first-order chi connectivity index (χ1) is 13.6. The maximum absolute atomic E-state index is 13.2. The zero-order valence-corrected chi connectivity index (χ0v) is 16.1. The molecule has 5 heteroatoms. The molecule has 1 aromatic heterocycles. The zero-order chi connectivity index (χ0) is 19.3. The second kappa shape index (κ2) is 6.46. The normalized spacial score (nSPS) is 13.4. The van der Waals surface area contributed by atoms with E-state index in [1.165, 1.54) is 0 Å². The summed E-state index contributed by atoms with van der Waals surface area (Å²) in [6.45, 7) is 2.22. The molecule has 28 heavy (non-hydrogen) atoms. The fraction of sp³-hybridized carbons (Fsp3) is 0.217. The van der Waals surface area contributed by atoms with E-state index in [0.29, 0.717) is 6.54 Å². The topological polar surface area (TPSA) is 41.4 Å². The van der Waals surface area contributed by atoms with Gasteiger partial charge in [-0.15, -0.1) is 0 Å². The molecule has 0 unspecified atom stereocenters. The van der Waals surface area contributed by atoms with Gasteiger partial charge in [0.2, 0.25) is 0 Å². The van der Waals surface area contributed by atoms with Gasteiger partial charge in [-0.05, 0) is 43.7 Å². The molecule has 0 aliphatic carbocycles. The summed E-state index contributed by atoms with van der Waals surface area (Å²) in [5, 5.41) is 2.15. The first kappa shape index (κ1) is 17.0. The van der Waals surface area contributed by atoms with Crippen molar-refractivity contribution in [3.8, 4) is 0 Å². The minimum Gasteiger partial charge on any atom is -0.325 e. The van der Waals surface area contributed by atoms with E-state index in [2.05, 4.69) is 41.8 Å². The van der Waals surface area contributed by atoms with Gasteiger partial charge in [-0.25, -0.2) is 4.98 Å². The Bertz CT molecular complexity index is 1200. The Labute approximate surface area is 163 Å². The average molecular weight is 370 g/mol. The van der Waals surface area contributed by atoms with Gasteiger partial charge >= 0.3 is 0 Å². The van der Waals surface area contributed by atoms with Gasteiger partial charge in [-0.1, -0.05) is 36.4 Å². The van der Waals surface area contributed by atoms with E-state index in [0.717, 1.165) is 52.0 Å². The molecule has 0 radical (unpaired) electrons. The number of carbonyl (C=O) groups excluding carboxylic acids is 1. The second-order valence-electron chi connectivity index (χ2n) is 7.54. The van der Waals surface area contributed by atoms with Crippen LogP contribution in [-0.4, -0.2) is 41.0 Å². The predicted octanol–water partition coefficient (Wildman–Crippen LogP) is 3.91. The summed E-state index contributed by atoms with van der Waals surface area (Å²) in [5.74, 6) is 0.972. The third-order valence-electron chi connectivity index (χ3n) is 5.45. The number of para-hydroxylation sites is 2. The summed E-state index contributed by atoms with van der Waals surface area (Å²) in [6, 6.07) is 20.2. The van der Waals surface area contributed by atoms with Crippen molar-refractivity contribution >= 4 is 33.4 Å². The number of likely N-dealkylation sites (N-methyl/N-ethyl adjacent to an activating group) is 1. The summed E-state index contributed by atoms with van der Waals surface area (Å²) in [4.78, 5) is 22.0. The van der Waals surface area contributed by atoms with Crippen LogP contribution in [0.5, 0.6) is 0 Å². The summed E-state index contributed by atoms with van der Waals surface area (Å²) in [5.41, 5.74) is 3.84. The quantitative estimate of drug-likeness (QED) is 0.535. The van der Waals surface area contributed by atoms with Crippen molar-refractivity contribution < 1.29 is 4.79 Å². The van der Waals surface area contributed by atoms with Crippen LogP contribution in [0.3, 0.4) is 0 Å². The summed E-state index contributed by atoms with van der Waals surface area (Å²) in [7, 11) is 4.14. The SMILES string of the molecule is CN(C)CCn1c(CN2C(=O)c3cccc4cccc2c34)nc2ccccc21. The molecular formula is C23H22N4O. The van der Waals surface area contributed by atoms with Crippen LogP contribution in [-0.2, 0) is 13.1 Å². The lowest BCUT2D eigenvalue weighted by atomic mass is 10.1. The molecule has 4 aromatic rings. The van der Waals surface area contributed by atoms with Crippen LogP contribution in [0.1, 0.15) is 16.2 Å². The number of hydrogen-bond acceptors (Lipinski definition) is 3. The standard InChI is InChI=1S/C23H22N4O/c1-25(2)13-14-26-19-11-4-3-10-18(19)24-21(26)15-27-20-12-6-8-16-7-5-9-17(22(16)20)23(27)28/h3-12H,13-15H2,1-2H3. The van der Waals surface area contributed by atoms with E-state index in [9.17, 15) is 4.79 Å². The lowest BCUT2D eigenvalue weighted by molar-refractivity contribution is 0.0990. The monoisotopic (exact) mass is 370 g/mol. The Morgan fingerprint density at radius 3 is 2.57 bits per heavy atom. The molecule has 5 nitrogen and oxygen atoms in total. The first-order valence-corrected chi connectivity index (χ1v) is 9.56. The van der Waals surface area contributed by atoms with Crippen LogP contribution in [0.25, 0.3) is 21.8 Å². The minimum absolute atomic E-state index is 0.0537. The number of hydrogen-bond donors (Lipinski definition) is 0. The van der Waals surface area contributed by atoms with Gasteiger partial charge in [0, 0.05) is 24.0 Å². The highest BCUT2D eigenvalue weighted by molar-refractivity contribution is 6.24. The molecule has 0 N–H and O–H groups in total. The van der Waals surface area contributed by atoms with Gasteiger partial charge in [-0.3, -0.25) is 4.79 Å². The molecular weight excluding hydrogens is 348 g/mol. The molecule has 1 amide bonds. The Balaban J connectivity index is 1.59. The molecule has 0 bridgehead atoms. The molecule has 1 aliphatic rings. The van der Waals surface area contributed by atoms with Gasteiger partial charge in [0.15, 0.2) is 0 Å². The molecule has 1 aliphatic heterocycles. The van der Waals surface area contributed by atoms with E-state index >= 15 is 0 Å². The largest absolute Gasteiger partial charge is 0.325 e. The molecule has 0 atom stereocenters. The second-order valence-corrected chi connectivity index (χ2v) is 7.54. The van der Waals surface area contributed by atoms with Crippen LogP contribution >= 0.6 is 0 Å². The van der Waals surface area contributed by atoms with E-state index in [4.69, 9.17) is 4.98 Å². The highest BCUT2D eigenvalue weighted by Crippen LogP contribution is 2.38. The van der Waals surface area contributed by atoms with Crippen molar-refractivity contribution in [3.05, 3.63) is 72.1 Å². The van der Waals surface area contributed by atoms with Gasteiger partial charge in [-0.2, -0.15) is 0 Å². The number of carbonyl (C=O) groups is 1. The lowest BCUT2D eigenvalue weighted by Gasteiger charge is -2.19. The number of anilines is 1. The number of aromatic nitrogens is 2. The third kappa shape index (κ3) is 2.59. The maximum atomic E-state index is 13.2. The zero-order valence-electron chi connectivity index (χ0n) is 16.1. The smallest absolute Gasteiger partial charge is 0.259 e. The van der Waals surface area contributed by atoms with Crippen LogP contribution in [0.15, 0.2) is 60.7 Å². The minimum atomic E-state index is 0.0537. The van der Waals surface area contributed by atoms with E-state index in [1.807, 2.05) is 47.4 Å². The fourth-order valence-electron chi connectivity index (χ4n) is 4.07. The van der Waals surface area contributed by atoms with Crippen molar-refractivity contribution in [1.29, 1.82) is 0 Å². The molecule has 2 heterocycles. The molecule has 3 aromatic carbocycles. The van der Waals surface area contributed by atoms with Crippen molar-refractivity contribution in [2.45, 2.75) is 13.1 Å². The average Bonchev–Trinajstić information content (AvgIpc) is 3.18. The van der Waals surface area contributed by atoms with E-state index < -0.39 is 0 Å². The van der Waals surface area contributed by atoms with Crippen molar-refractivity contribution in [1.82, 2.24) is 14.5 Å². The molecule has 0 saturated heterocycles. The number of rotatable bonds is 5. The summed E-state index contributed by atoms with van der Waals surface area (Å²) in [6.07, 6.45) is 0. The Morgan fingerprint density at radius 2 is 1.75 bits per heavy atom. The van der Waals surface area contributed by atoms with Gasteiger partial charge in [0.1, 0.15) is 5.82 Å². The van der Waals surface area contributed by atoms with Crippen LogP contribution in [0, 0.1) is 0 Å². The number of imidazole rings is 1. The van der Waals surface area contributed by atoms with Crippen LogP contribution in [0.4, 0.5) is 5.69 Å². The molecule has 0 fully saturated rings. The Hall–Kier alpha value is -3.18. The van der Waals surface area contributed by atoms with Gasteiger partial charge in [0.05, 0.1) is 23.3 Å². The van der Waals surface area contributed by atoms with Gasteiger partial charge in [0.25, 0.3) is 5.91 Å². The molecule has 0 saturated carbocycles. The first-order valence-electron chi connectivity index (χ1n) is 9.56. The fourth-order valence-corrected chi connectivity index (χ4v) is 4.07. The number of amides is 1. The van der Waals surface area contributed by atoms with Crippen molar-refractivity contribution in [3.63, 3.8) is 0 Å². The number of nitrogens with zero attached hydrogens (tertiary/aromatic N) is 4. The third-order valence-corrected chi connectivity index (χ3v) is 5.45. The van der Waals surface area contributed by atoms with Crippen molar-refractivity contribution in [2.75, 3.05) is 25.5 Å². The molecule has 5 rings (SSSR count).